The van der Waals surface area contributed by atoms with E-state index in [2.05, 4.69) is 41.4 Å². The van der Waals surface area contributed by atoms with Crippen LogP contribution in [0, 0.1) is 11.7 Å². The Morgan fingerprint density at radius 3 is 2.65 bits per heavy atom. The number of rotatable bonds is 10. The summed E-state index contributed by atoms with van der Waals surface area (Å²) in [5.41, 5.74) is 7.08. The minimum absolute atomic E-state index is 0.0336. The van der Waals surface area contributed by atoms with E-state index in [0.717, 1.165) is 64.0 Å². The molecule has 0 bridgehead atoms. The topological polar surface area (TPSA) is 112 Å². The minimum Gasteiger partial charge on any atom is -0.492 e. The summed E-state index contributed by atoms with van der Waals surface area (Å²) in [6.45, 7) is 7.55. The van der Waals surface area contributed by atoms with Gasteiger partial charge < -0.3 is 15.0 Å². The number of benzene rings is 2. The fraction of sp³-hybridized carbons (Fsp3) is 0.278. The van der Waals surface area contributed by atoms with Crippen molar-refractivity contribution in [1.82, 2.24) is 30.0 Å². The number of hydrogen-bond donors (Lipinski definition) is 3. The number of carbonyl (C=O) groups excluding carboxylic acids is 1. The molecule has 1 aliphatic heterocycles. The number of halogens is 1. The zero-order valence-corrected chi connectivity index (χ0v) is 25.9. The second kappa shape index (κ2) is 12.7. The number of nitrogens with zero attached hydrogens (tertiary/aromatic N) is 4. The van der Waals surface area contributed by atoms with Gasteiger partial charge in [-0.2, -0.15) is 5.10 Å². The Hall–Kier alpha value is -5.09. The average Bonchev–Trinajstić information content (AvgIpc) is 3.80. The van der Waals surface area contributed by atoms with Gasteiger partial charge >= 0.3 is 0 Å². The van der Waals surface area contributed by atoms with Crippen LogP contribution in [0.5, 0.6) is 5.75 Å². The molecule has 46 heavy (non-hydrogen) atoms. The van der Waals surface area contributed by atoms with Crippen LogP contribution < -0.4 is 10.1 Å². The minimum atomic E-state index is -0.368. The summed E-state index contributed by atoms with van der Waals surface area (Å²) in [6, 6.07) is 16.7. The quantitative estimate of drug-likeness (QED) is 0.147. The Balaban J connectivity index is 1.18. The third-order valence-electron chi connectivity index (χ3n) is 8.33. The van der Waals surface area contributed by atoms with E-state index in [1.54, 1.807) is 18.6 Å². The Bertz CT molecular complexity index is 2030. The van der Waals surface area contributed by atoms with Gasteiger partial charge in [0.25, 0.3) is 0 Å². The van der Waals surface area contributed by atoms with Gasteiger partial charge in [-0.3, -0.25) is 24.8 Å². The third kappa shape index (κ3) is 6.34. The standard InChI is InChI=1S/C36H36FN7O2/c1-22(2)13-34(45)40-27-15-25(20-38-21-27)23-5-6-32-29(17-23)36(43-42-32)33-19-30-31(41-33)7-8-39-35(30)24-14-26(37)18-28(16-24)46-12-11-44-9-3-4-10-44/h5-8,14-22,41H,3-4,9-13H2,1-2H3,(H,40,45)(H,42,43). The van der Waals surface area contributed by atoms with E-state index in [4.69, 9.17) is 4.74 Å². The first-order valence-electron chi connectivity index (χ1n) is 15.8. The van der Waals surface area contributed by atoms with E-state index < -0.39 is 0 Å². The van der Waals surface area contributed by atoms with Gasteiger partial charge in [0, 0.05) is 58.8 Å². The predicted molar refractivity (Wildman–Crippen MR) is 179 cm³/mol. The van der Waals surface area contributed by atoms with Crippen molar-refractivity contribution >= 4 is 33.4 Å². The van der Waals surface area contributed by atoms with Crippen molar-refractivity contribution in [2.24, 2.45) is 5.92 Å². The predicted octanol–water partition coefficient (Wildman–Crippen LogP) is 7.43. The molecule has 0 atom stereocenters. The molecule has 2 aromatic carbocycles. The van der Waals surface area contributed by atoms with Gasteiger partial charge in [0.15, 0.2) is 0 Å². The molecule has 0 saturated carbocycles. The summed E-state index contributed by atoms with van der Waals surface area (Å²) in [5, 5.41) is 12.5. The molecular weight excluding hydrogens is 581 g/mol. The maximum absolute atomic E-state index is 14.8. The molecule has 5 heterocycles. The van der Waals surface area contributed by atoms with Crippen LogP contribution in [0.15, 0.2) is 73.2 Å². The Morgan fingerprint density at radius 2 is 1.80 bits per heavy atom. The highest BCUT2D eigenvalue weighted by Gasteiger charge is 2.17. The van der Waals surface area contributed by atoms with Gasteiger partial charge in [-0.05, 0) is 79.9 Å². The van der Waals surface area contributed by atoms with Crippen LogP contribution in [0.4, 0.5) is 10.1 Å². The highest BCUT2D eigenvalue weighted by atomic mass is 19.1. The lowest BCUT2D eigenvalue weighted by Crippen LogP contribution is -2.25. The molecule has 234 valence electrons. The molecule has 9 nitrogen and oxygen atoms in total. The van der Waals surface area contributed by atoms with Gasteiger partial charge in [0.05, 0.1) is 28.8 Å². The largest absolute Gasteiger partial charge is 0.492 e. The third-order valence-corrected chi connectivity index (χ3v) is 8.33. The summed E-state index contributed by atoms with van der Waals surface area (Å²) < 4.78 is 20.8. The van der Waals surface area contributed by atoms with Crippen molar-refractivity contribution in [2.75, 3.05) is 31.6 Å². The highest BCUT2D eigenvalue weighted by molar-refractivity contribution is 6.01. The fourth-order valence-corrected chi connectivity index (χ4v) is 6.14. The molecule has 1 fully saturated rings. The molecule has 1 aliphatic rings. The monoisotopic (exact) mass is 617 g/mol. The zero-order valence-electron chi connectivity index (χ0n) is 25.9. The van der Waals surface area contributed by atoms with Crippen LogP contribution in [0.2, 0.25) is 0 Å². The lowest BCUT2D eigenvalue weighted by atomic mass is 10.0. The first-order chi connectivity index (χ1) is 22.4. The number of fused-ring (bicyclic) bond motifs is 2. The molecule has 1 amide bonds. The second-order valence-corrected chi connectivity index (χ2v) is 12.3. The number of nitrogens with one attached hydrogen (secondary N) is 3. The summed E-state index contributed by atoms with van der Waals surface area (Å²) in [6.07, 6.45) is 8.04. The van der Waals surface area contributed by atoms with Gasteiger partial charge in [-0.15, -0.1) is 0 Å². The van der Waals surface area contributed by atoms with E-state index in [1.807, 2.05) is 50.2 Å². The Labute approximate surface area is 266 Å². The number of anilines is 1. The molecule has 4 aromatic heterocycles. The van der Waals surface area contributed by atoms with E-state index >= 15 is 0 Å². The van der Waals surface area contributed by atoms with Crippen LogP contribution in [-0.4, -0.2) is 62.2 Å². The number of amides is 1. The van der Waals surface area contributed by atoms with Crippen molar-refractivity contribution in [3.05, 3.63) is 79.0 Å². The first-order valence-corrected chi connectivity index (χ1v) is 15.8. The van der Waals surface area contributed by atoms with E-state index in [1.165, 1.54) is 25.0 Å². The average molecular weight is 618 g/mol. The lowest BCUT2D eigenvalue weighted by molar-refractivity contribution is -0.116. The maximum atomic E-state index is 14.8. The molecule has 0 radical (unpaired) electrons. The summed E-state index contributed by atoms with van der Waals surface area (Å²) in [7, 11) is 0. The number of aromatic nitrogens is 5. The van der Waals surface area contributed by atoms with Gasteiger partial charge in [0.1, 0.15) is 23.9 Å². The van der Waals surface area contributed by atoms with Crippen molar-refractivity contribution in [3.8, 4) is 39.5 Å². The molecule has 1 saturated heterocycles. The van der Waals surface area contributed by atoms with Crippen LogP contribution in [-0.2, 0) is 4.79 Å². The van der Waals surface area contributed by atoms with Crippen LogP contribution in [0.25, 0.3) is 55.6 Å². The van der Waals surface area contributed by atoms with Crippen molar-refractivity contribution in [3.63, 3.8) is 0 Å². The molecule has 0 aliphatic carbocycles. The van der Waals surface area contributed by atoms with E-state index in [9.17, 15) is 9.18 Å². The first kappa shape index (κ1) is 29.6. The summed E-state index contributed by atoms with van der Waals surface area (Å²) in [5.74, 6) is 0.359. The van der Waals surface area contributed by atoms with Crippen molar-refractivity contribution in [1.29, 1.82) is 0 Å². The van der Waals surface area contributed by atoms with Gasteiger partial charge in [-0.25, -0.2) is 4.39 Å². The number of pyridine rings is 2. The lowest BCUT2D eigenvalue weighted by Gasteiger charge is -2.15. The number of likely N-dealkylation sites (tertiary alicyclic amines) is 1. The number of carbonyl (C=O) groups is 1. The molecule has 10 heteroatoms. The number of H-pyrrole nitrogens is 2. The Kier molecular flexibility index (Phi) is 8.19. The van der Waals surface area contributed by atoms with Crippen molar-refractivity contribution in [2.45, 2.75) is 33.1 Å². The molecule has 6 aromatic rings. The zero-order chi connectivity index (χ0) is 31.6. The van der Waals surface area contributed by atoms with Crippen LogP contribution in [0.1, 0.15) is 33.1 Å². The highest BCUT2D eigenvalue weighted by Crippen LogP contribution is 2.35. The molecule has 3 N–H and O–H groups in total. The smallest absolute Gasteiger partial charge is 0.224 e. The summed E-state index contributed by atoms with van der Waals surface area (Å²) in [4.78, 5) is 27.2. The molecule has 0 spiro atoms. The molecule has 0 unspecified atom stereocenters. The van der Waals surface area contributed by atoms with Crippen LogP contribution >= 0.6 is 0 Å². The number of aromatic amines is 2. The van der Waals surface area contributed by atoms with Gasteiger partial charge in [-0.1, -0.05) is 19.9 Å². The SMILES string of the molecule is CC(C)CC(=O)Nc1cncc(-c2ccc3[nH]nc(-c4cc5c(-c6cc(F)cc(OCCN7CCCC7)c6)nccc5[nH]4)c3c2)c1. The van der Waals surface area contributed by atoms with Crippen LogP contribution in [0.3, 0.4) is 0 Å². The van der Waals surface area contributed by atoms with Gasteiger partial charge in [0.2, 0.25) is 5.91 Å². The second-order valence-electron chi connectivity index (χ2n) is 12.3. The van der Waals surface area contributed by atoms with E-state index in [0.29, 0.717) is 35.7 Å². The summed E-state index contributed by atoms with van der Waals surface area (Å²) >= 11 is 0. The molecule has 7 rings (SSSR count). The number of hydrogen-bond acceptors (Lipinski definition) is 6. The Morgan fingerprint density at radius 1 is 0.957 bits per heavy atom. The number of ether oxygens (including phenoxy) is 1. The van der Waals surface area contributed by atoms with E-state index in [-0.39, 0.29) is 17.6 Å². The molecular formula is C36H36FN7O2. The fourth-order valence-electron chi connectivity index (χ4n) is 6.14. The normalized spacial score (nSPS) is 13.7. The van der Waals surface area contributed by atoms with Crippen molar-refractivity contribution < 1.29 is 13.9 Å². The maximum Gasteiger partial charge on any atom is 0.224 e.